The van der Waals surface area contributed by atoms with Crippen LogP contribution in [0.25, 0.3) is 0 Å². The van der Waals surface area contributed by atoms with Crippen molar-refractivity contribution < 1.29 is 4.74 Å². The monoisotopic (exact) mass is 258 g/mol. The van der Waals surface area contributed by atoms with Crippen molar-refractivity contribution >= 4 is 17.3 Å². The van der Waals surface area contributed by atoms with Gasteiger partial charge in [-0.3, -0.25) is 0 Å². The number of aryl methyl sites for hydroxylation is 1. The summed E-state index contributed by atoms with van der Waals surface area (Å²) in [6.45, 7) is 4.59. The van der Waals surface area contributed by atoms with Crippen LogP contribution in [0.3, 0.4) is 0 Å². The highest BCUT2D eigenvalue weighted by atomic mass is 16.5. The number of hydrogen-bond acceptors (Lipinski definition) is 5. The highest BCUT2D eigenvalue weighted by Gasteiger charge is 2.02. The van der Waals surface area contributed by atoms with Crippen molar-refractivity contribution in [1.29, 1.82) is 0 Å². The van der Waals surface area contributed by atoms with E-state index in [-0.39, 0.29) is 0 Å². The van der Waals surface area contributed by atoms with Gasteiger partial charge in [0.05, 0.1) is 6.61 Å². The van der Waals surface area contributed by atoms with Crippen LogP contribution in [-0.4, -0.2) is 16.6 Å². The van der Waals surface area contributed by atoms with Gasteiger partial charge in [-0.1, -0.05) is 13.0 Å². The fourth-order valence-electron chi connectivity index (χ4n) is 1.72. The van der Waals surface area contributed by atoms with Gasteiger partial charge in [-0.2, -0.15) is 0 Å². The predicted octanol–water partition coefficient (Wildman–Crippen LogP) is 2.76. The highest BCUT2D eigenvalue weighted by Crippen LogP contribution is 2.21. The van der Waals surface area contributed by atoms with Crippen LogP contribution < -0.4 is 15.8 Å². The third kappa shape index (κ3) is 3.58. The molecule has 0 radical (unpaired) electrons. The lowest BCUT2D eigenvalue weighted by molar-refractivity contribution is 0.340. The van der Waals surface area contributed by atoms with Gasteiger partial charge in [0.2, 0.25) is 0 Å². The van der Waals surface area contributed by atoms with Crippen LogP contribution in [0.4, 0.5) is 17.3 Å². The maximum Gasteiger partial charge on any atom is 0.136 e. The fraction of sp³-hybridized carbons (Fsp3) is 0.286. The van der Waals surface area contributed by atoms with Crippen LogP contribution in [0.2, 0.25) is 0 Å². The summed E-state index contributed by atoms with van der Waals surface area (Å²) >= 11 is 0. The minimum atomic E-state index is 0.468. The first-order valence-corrected chi connectivity index (χ1v) is 6.34. The zero-order valence-electron chi connectivity index (χ0n) is 11.2. The molecule has 0 amide bonds. The maximum absolute atomic E-state index is 5.75. The Hall–Kier alpha value is -2.30. The van der Waals surface area contributed by atoms with Crippen molar-refractivity contribution in [2.75, 3.05) is 17.7 Å². The Morgan fingerprint density at radius 2 is 2.05 bits per heavy atom. The molecule has 1 heterocycles. The maximum atomic E-state index is 5.75. The van der Waals surface area contributed by atoms with Gasteiger partial charge in [-0.05, 0) is 19.1 Å². The van der Waals surface area contributed by atoms with E-state index in [0.29, 0.717) is 18.2 Å². The summed E-state index contributed by atoms with van der Waals surface area (Å²) < 4.78 is 5.46. The van der Waals surface area contributed by atoms with E-state index in [1.54, 1.807) is 6.07 Å². The molecule has 1 aromatic carbocycles. The van der Waals surface area contributed by atoms with Crippen LogP contribution in [0.5, 0.6) is 5.75 Å². The topological polar surface area (TPSA) is 73.1 Å². The second kappa shape index (κ2) is 6.04. The summed E-state index contributed by atoms with van der Waals surface area (Å²) in [7, 11) is 0. The van der Waals surface area contributed by atoms with Crippen LogP contribution in [0.1, 0.15) is 19.7 Å². The van der Waals surface area contributed by atoms with E-state index in [2.05, 4.69) is 15.3 Å². The van der Waals surface area contributed by atoms with E-state index < -0.39 is 0 Å². The minimum absolute atomic E-state index is 0.468. The molecular weight excluding hydrogens is 240 g/mol. The van der Waals surface area contributed by atoms with Crippen molar-refractivity contribution in [1.82, 2.24) is 9.97 Å². The fourth-order valence-corrected chi connectivity index (χ4v) is 1.72. The molecule has 0 aliphatic heterocycles. The molecule has 0 aliphatic rings. The number of ether oxygens (including phenoxy) is 1. The normalized spacial score (nSPS) is 10.2. The molecule has 2 aromatic rings. The second-order valence-electron chi connectivity index (χ2n) is 4.03. The number of nitrogen functional groups attached to an aromatic ring is 1. The average Bonchev–Trinajstić information content (AvgIpc) is 2.39. The number of anilines is 3. The molecule has 0 unspecified atom stereocenters. The summed E-state index contributed by atoms with van der Waals surface area (Å²) in [5.74, 6) is 2.71. The summed E-state index contributed by atoms with van der Waals surface area (Å²) in [5, 5.41) is 3.21. The molecule has 2 rings (SSSR count). The lowest BCUT2D eigenvalue weighted by atomic mass is 10.3. The average molecular weight is 258 g/mol. The molecule has 1 aromatic heterocycles. The number of rotatable bonds is 5. The molecule has 0 saturated carbocycles. The van der Waals surface area contributed by atoms with Crippen LogP contribution in [0, 0.1) is 0 Å². The predicted molar refractivity (Wildman–Crippen MR) is 76.7 cm³/mol. The standard InChI is InChI=1S/C14H18N4O/c1-3-13-17-12(15)9-14(18-13)16-10-6-5-7-11(8-10)19-4-2/h5-9H,3-4H2,1-2H3,(H3,15,16,17,18). The number of nitrogens with two attached hydrogens (primary N) is 1. The van der Waals surface area contributed by atoms with Crippen molar-refractivity contribution in [3.05, 3.63) is 36.2 Å². The molecule has 0 atom stereocenters. The van der Waals surface area contributed by atoms with Gasteiger partial charge in [0.15, 0.2) is 0 Å². The smallest absolute Gasteiger partial charge is 0.136 e. The first-order valence-electron chi connectivity index (χ1n) is 6.34. The molecule has 0 aliphatic carbocycles. The minimum Gasteiger partial charge on any atom is -0.494 e. The third-order valence-corrected chi connectivity index (χ3v) is 2.53. The van der Waals surface area contributed by atoms with Crippen molar-refractivity contribution in [3.8, 4) is 5.75 Å². The molecule has 100 valence electrons. The summed E-state index contributed by atoms with van der Waals surface area (Å²) in [6, 6.07) is 9.44. The quantitative estimate of drug-likeness (QED) is 0.862. The molecule has 0 spiro atoms. The molecule has 0 bridgehead atoms. The van der Waals surface area contributed by atoms with Crippen LogP contribution >= 0.6 is 0 Å². The molecule has 3 N–H and O–H groups in total. The van der Waals surface area contributed by atoms with E-state index in [9.17, 15) is 0 Å². The van der Waals surface area contributed by atoms with Gasteiger partial charge in [0, 0.05) is 24.2 Å². The third-order valence-electron chi connectivity index (χ3n) is 2.53. The van der Waals surface area contributed by atoms with Crippen molar-refractivity contribution in [2.24, 2.45) is 0 Å². The van der Waals surface area contributed by atoms with E-state index in [1.807, 2.05) is 38.1 Å². The van der Waals surface area contributed by atoms with Gasteiger partial charge in [-0.15, -0.1) is 0 Å². The van der Waals surface area contributed by atoms with E-state index in [1.165, 1.54) is 0 Å². The molecule has 0 saturated heterocycles. The number of hydrogen-bond donors (Lipinski definition) is 2. The van der Waals surface area contributed by atoms with Crippen molar-refractivity contribution in [2.45, 2.75) is 20.3 Å². The Balaban J connectivity index is 2.20. The Morgan fingerprint density at radius 3 is 2.79 bits per heavy atom. The molecule has 5 heteroatoms. The van der Waals surface area contributed by atoms with Gasteiger partial charge >= 0.3 is 0 Å². The Bertz CT molecular complexity index is 557. The second-order valence-corrected chi connectivity index (χ2v) is 4.03. The van der Waals surface area contributed by atoms with Gasteiger partial charge in [0.25, 0.3) is 0 Å². The molecular formula is C14H18N4O. The van der Waals surface area contributed by atoms with Gasteiger partial charge in [0.1, 0.15) is 23.2 Å². The zero-order chi connectivity index (χ0) is 13.7. The van der Waals surface area contributed by atoms with E-state index >= 15 is 0 Å². The molecule has 19 heavy (non-hydrogen) atoms. The summed E-state index contributed by atoms with van der Waals surface area (Å²) in [6.07, 6.45) is 0.749. The molecule has 0 fully saturated rings. The van der Waals surface area contributed by atoms with Gasteiger partial charge < -0.3 is 15.8 Å². The van der Waals surface area contributed by atoms with E-state index in [4.69, 9.17) is 10.5 Å². The SMILES string of the molecule is CCOc1cccc(Nc2cc(N)nc(CC)n2)c1. The van der Waals surface area contributed by atoms with Gasteiger partial charge in [-0.25, -0.2) is 9.97 Å². The largest absolute Gasteiger partial charge is 0.494 e. The zero-order valence-corrected chi connectivity index (χ0v) is 11.2. The van der Waals surface area contributed by atoms with Crippen LogP contribution in [-0.2, 0) is 6.42 Å². The Labute approximate surface area is 112 Å². The Morgan fingerprint density at radius 1 is 1.21 bits per heavy atom. The van der Waals surface area contributed by atoms with Crippen molar-refractivity contribution in [3.63, 3.8) is 0 Å². The number of nitrogens with zero attached hydrogens (tertiary/aromatic N) is 2. The molecule has 5 nitrogen and oxygen atoms in total. The first kappa shape index (κ1) is 13.1. The lowest BCUT2D eigenvalue weighted by Crippen LogP contribution is -2.02. The van der Waals surface area contributed by atoms with E-state index in [0.717, 1.165) is 23.7 Å². The number of nitrogens with one attached hydrogen (secondary N) is 1. The highest BCUT2D eigenvalue weighted by molar-refractivity contribution is 5.60. The summed E-state index contributed by atoms with van der Waals surface area (Å²) in [5.41, 5.74) is 6.66. The number of aromatic nitrogens is 2. The Kier molecular flexibility index (Phi) is 4.18. The summed E-state index contributed by atoms with van der Waals surface area (Å²) in [4.78, 5) is 8.52. The first-order chi connectivity index (χ1) is 9.21. The lowest BCUT2D eigenvalue weighted by Gasteiger charge is -2.09. The number of benzene rings is 1. The van der Waals surface area contributed by atoms with Crippen LogP contribution in [0.15, 0.2) is 30.3 Å².